The van der Waals surface area contributed by atoms with E-state index in [0.29, 0.717) is 5.16 Å². The molecule has 8 heteroatoms. The van der Waals surface area contributed by atoms with Crippen LogP contribution in [0.5, 0.6) is 11.5 Å². The van der Waals surface area contributed by atoms with Crippen molar-refractivity contribution in [3.05, 3.63) is 66.0 Å². The Kier molecular flexibility index (Phi) is 8.16. The van der Waals surface area contributed by atoms with E-state index in [1.165, 1.54) is 11.8 Å². The smallest absolute Gasteiger partial charge is 0.230 e. The van der Waals surface area contributed by atoms with E-state index in [0.717, 1.165) is 22.9 Å². The first-order chi connectivity index (χ1) is 15.4. The minimum absolute atomic E-state index is 0.0475. The van der Waals surface area contributed by atoms with Gasteiger partial charge < -0.3 is 19.4 Å². The highest BCUT2D eigenvalue weighted by atomic mass is 32.2. The molecule has 3 aromatic rings. The first-order valence-electron chi connectivity index (χ1n) is 10.6. The number of nitrogens with zero attached hydrogens (tertiary/aromatic N) is 3. The topological polar surface area (TPSA) is 78.3 Å². The van der Waals surface area contributed by atoms with E-state index < -0.39 is 0 Å². The monoisotopic (exact) mass is 454 g/mol. The molecule has 0 aliphatic heterocycles. The van der Waals surface area contributed by atoms with Crippen LogP contribution in [0.25, 0.3) is 0 Å². The Hall–Kier alpha value is -3.00. The first kappa shape index (κ1) is 23.7. The Bertz CT molecular complexity index is 1010. The zero-order valence-electron chi connectivity index (χ0n) is 19.1. The average molecular weight is 455 g/mol. The lowest BCUT2D eigenvalue weighted by Gasteiger charge is -2.19. The van der Waals surface area contributed by atoms with E-state index in [4.69, 9.17) is 9.47 Å². The molecule has 0 aliphatic carbocycles. The Morgan fingerprint density at radius 2 is 1.66 bits per heavy atom. The predicted molar refractivity (Wildman–Crippen MR) is 126 cm³/mol. The number of aromatic nitrogens is 3. The van der Waals surface area contributed by atoms with Crippen molar-refractivity contribution in [2.45, 2.75) is 51.0 Å². The number of hydrogen-bond acceptors (Lipinski definition) is 6. The van der Waals surface area contributed by atoms with Gasteiger partial charge in [0.15, 0.2) is 17.1 Å². The molecule has 170 valence electrons. The van der Waals surface area contributed by atoms with Crippen molar-refractivity contribution >= 4 is 17.7 Å². The summed E-state index contributed by atoms with van der Waals surface area (Å²) in [5.74, 6) is 2.43. The van der Waals surface area contributed by atoms with Gasteiger partial charge in [0.05, 0.1) is 18.9 Å². The van der Waals surface area contributed by atoms with Crippen LogP contribution in [0.2, 0.25) is 0 Å². The van der Waals surface area contributed by atoms with Crippen LogP contribution >= 0.6 is 11.8 Å². The second-order valence-corrected chi connectivity index (χ2v) is 8.67. The summed E-state index contributed by atoms with van der Waals surface area (Å²) in [4.78, 5) is 12.5. The molecule has 0 spiro atoms. The van der Waals surface area contributed by atoms with Crippen LogP contribution in [0, 0.1) is 0 Å². The van der Waals surface area contributed by atoms with Gasteiger partial charge in [0, 0.05) is 6.04 Å². The Morgan fingerprint density at radius 3 is 2.28 bits per heavy atom. The molecule has 0 fully saturated rings. The van der Waals surface area contributed by atoms with Gasteiger partial charge in [-0.25, -0.2) is 0 Å². The molecular weight excluding hydrogens is 424 g/mol. The zero-order chi connectivity index (χ0) is 23.1. The van der Waals surface area contributed by atoms with Gasteiger partial charge in [-0.05, 0) is 57.5 Å². The van der Waals surface area contributed by atoms with Gasteiger partial charge in [-0.3, -0.25) is 4.79 Å². The molecule has 2 unspecified atom stereocenters. The third kappa shape index (κ3) is 6.03. The molecule has 1 amide bonds. The normalized spacial score (nSPS) is 12.9. The van der Waals surface area contributed by atoms with Gasteiger partial charge in [0.25, 0.3) is 0 Å². The maximum absolute atomic E-state index is 12.5. The molecule has 7 nitrogen and oxygen atoms in total. The van der Waals surface area contributed by atoms with Gasteiger partial charge in [-0.2, -0.15) is 0 Å². The summed E-state index contributed by atoms with van der Waals surface area (Å²) in [6, 6.07) is 17.4. The summed E-state index contributed by atoms with van der Waals surface area (Å²) in [5.41, 5.74) is 1.07. The minimum atomic E-state index is -0.306. The Labute approximate surface area is 193 Å². The number of thioether (sulfide) groups is 1. The van der Waals surface area contributed by atoms with Gasteiger partial charge in [-0.1, -0.05) is 42.1 Å². The summed E-state index contributed by atoms with van der Waals surface area (Å²) in [5, 5.41) is 12.4. The van der Waals surface area contributed by atoms with Crippen LogP contribution in [0.3, 0.4) is 0 Å². The molecule has 2 atom stereocenters. The number of rotatable bonds is 10. The maximum atomic E-state index is 12.5. The van der Waals surface area contributed by atoms with E-state index >= 15 is 0 Å². The number of carbonyl (C=O) groups is 1. The van der Waals surface area contributed by atoms with Crippen molar-refractivity contribution in [2.24, 2.45) is 0 Å². The number of nitrogens with one attached hydrogen (secondary N) is 1. The molecule has 32 heavy (non-hydrogen) atoms. The van der Waals surface area contributed by atoms with E-state index in [-0.39, 0.29) is 29.8 Å². The number of benzene rings is 2. The number of amides is 1. The van der Waals surface area contributed by atoms with Gasteiger partial charge in [0.1, 0.15) is 11.5 Å². The summed E-state index contributed by atoms with van der Waals surface area (Å²) < 4.78 is 13.3. The third-order valence-electron chi connectivity index (χ3n) is 4.95. The van der Waals surface area contributed by atoms with Crippen LogP contribution in [-0.4, -0.2) is 33.5 Å². The quantitative estimate of drug-likeness (QED) is 0.436. The highest BCUT2D eigenvalue weighted by Crippen LogP contribution is 2.28. The van der Waals surface area contributed by atoms with Crippen molar-refractivity contribution in [3.63, 3.8) is 0 Å². The lowest BCUT2D eigenvalue weighted by molar-refractivity contribution is -0.119. The van der Waals surface area contributed by atoms with Crippen LogP contribution < -0.4 is 14.8 Å². The molecule has 0 aliphatic rings. The van der Waals surface area contributed by atoms with Crippen molar-refractivity contribution in [2.75, 3.05) is 12.9 Å². The van der Waals surface area contributed by atoms with E-state index in [9.17, 15) is 4.79 Å². The van der Waals surface area contributed by atoms with Crippen LogP contribution in [-0.2, 0) is 4.79 Å². The summed E-state index contributed by atoms with van der Waals surface area (Å²) in [7, 11) is 1.63. The SMILES string of the molecule is COc1ccc(OC(C)c2nnc(SCC(=O)NC(C)c3ccccc3)n2C(C)C)cc1. The number of carbonyl (C=O) groups excluding carboxylic acids is 1. The van der Waals surface area contributed by atoms with Crippen LogP contribution in [0.15, 0.2) is 59.8 Å². The molecule has 1 N–H and O–H groups in total. The first-order valence-corrected chi connectivity index (χ1v) is 11.6. The summed E-state index contributed by atoms with van der Waals surface area (Å²) in [6.45, 7) is 8.05. The average Bonchev–Trinajstić information content (AvgIpc) is 3.23. The fraction of sp³-hybridized carbons (Fsp3) is 0.375. The number of methoxy groups -OCH3 is 1. The van der Waals surface area contributed by atoms with Crippen molar-refractivity contribution in [1.29, 1.82) is 0 Å². The van der Waals surface area contributed by atoms with Gasteiger partial charge in [0.2, 0.25) is 5.91 Å². The minimum Gasteiger partial charge on any atom is -0.497 e. The molecule has 0 radical (unpaired) electrons. The van der Waals surface area contributed by atoms with Crippen molar-refractivity contribution in [3.8, 4) is 11.5 Å². The molecule has 3 rings (SSSR count). The molecule has 2 aromatic carbocycles. The number of ether oxygens (including phenoxy) is 2. The fourth-order valence-electron chi connectivity index (χ4n) is 3.30. The summed E-state index contributed by atoms with van der Waals surface area (Å²) in [6.07, 6.45) is -0.306. The van der Waals surface area contributed by atoms with Gasteiger partial charge in [-0.15, -0.1) is 10.2 Å². The largest absolute Gasteiger partial charge is 0.497 e. The molecular formula is C24H30N4O3S. The van der Waals surface area contributed by atoms with Crippen molar-refractivity contribution in [1.82, 2.24) is 20.1 Å². The Morgan fingerprint density at radius 1 is 1.00 bits per heavy atom. The molecule has 0 saturated heterocycles. The predicted octanol–water partition coefficient (Wildman–Crippen LogP) is 4.98. The second kappa shape index (κ2) is 11.0. The van der Waals surface area contributed by atoms with E-state index in [1.807, 2.05) is 73.0 Å². The van der Waals surface area contributed by atoms with Crippen LogP contribution in [0.1, 0.15) is 57.3 Å². The molecule has 0 bridgehead atoms. The molecule has 0 saturated carbocycles. The zero-order valence-corrected chi connectivity index (χ0v) is 19.9. The maximum Gasteiger partial charge on any atom is 0.230 e. The third-order valence-corrected chi connectivity index (χ3v) is 5.90. The Balaban J connectivity index is 1.64. The molecule has 1 heterocycles. The standard InChI is InChI=1S/C24H30N4O3S/c1-16(2)28-23(18(4)31-21-13-11-20(30-5)12-14-21)26-27-24(28)32-15-22(29)25-17(3)19-9-7-6-8-10-19/h6-14,16-18H,15H2,1-5H3,(H,25,29). The summed E-state index contributed by atoms with van der Waals surface area (Å²) >= 11 is 1.38. The van der Waals surface area contributed by atoms with Gasteiger partial charge >= 0.3 is 0 Å². The fourth-order valence-corrected chi connectivity index (χ4v) is 4.18. The lowest BCUT2D eigenvalue weighted by Crippen LogP contribution is -2.28. The van der Waals surface area contributed by atoms with E-state index in [2.05, 4.69) is 29.4 Å². The van der Waals surface area contributed by atoms with Crippen molar-refractivity contribution < 1.29 is 14.3 Å². The van der Waals surface area contributed by atoms with E-state index in [1.54, 1.807) is 7.11 Å². The lowest BCUT2D eigenvalue weighted by atomic mass is 10.1. The number of hydrogen-bond donors (Lipinski definition) is 1. The highest BCUT2D eigenvalue weighted by Gasteiger charge is 2.22. The second-order valence-electron chi connectivity index (χ2n) is 7.73. The molecule has 1 aromatic heterocycles. The van der Waals surface area contributed by atoms with Crippen LogP contribution in [0.4, 0.5) is 0 Å². The highest BCUT2D eigenvalue weighted by molar-refractivity contribution is 7.99.